The van der Waals surface area contributed by atoms with Gasteiger partial charge in [0.05, 0.1) is 12.1 Å². The first-order valence-corrected chi connectivity index (χ1v) is 7.30. The maximum atomic E-state index is 12.1. The molecular weight excluding hydrogens is 256 g/mol. The van der Waals surface area contributed by atoms with Gasteiger partial charge < -0.3 is 15.2 Å². The number of likely N-dealkylation sites (tertiary alicyclic amines) is 1. The van der Waals surface area contributed by atoms with Crippen LogP contribution in [0.25, 0.3) is 0 Å². The molecule has 6 nitrogen and oxygen atoms in total. The minimum absolute atomic E-state index is 0.174. The maximum absolute atomic E-state index is 12.1. The summed E-state index contributed by atoms with van der Waals surface area (Å²) in [6.07, 6.45) is 3.78. The molecule has 1 atom stereocenters. The average Bonchev–Trinajstić information content (AvgIpc) is 2.78. The Morgan fingerprint density at radius 1 is 1.45 bits per heavy atom. The molecule has 1 saturated heterocycles. The highest BCUT2D eigenvalue weighted by atomic mass is 16.5. The summed E-state index contributed by atoms with van der Waals surface area (Å²) in [7, 11) is 0. The first kappa shape index (κ1) is 15.0. The van der Waals surface area contributed by atoms with E-state index < -0.39 is 5.54 Å². The van der Waals surface area contributed by atoms with Gasteiger partial charge in [0.15, 0.2) is 5.82 Å². The molecule has 2 rings (SSSR count). The van der Waals surface area contributed by atoms with Crippen molar-refractivity contribution in [3.8, 4) is 0 Å². The molecule has 1 fully saturated rings. The van der Waals surface area contributed by atoms with Crippen LogP contribution in [0.1, 0.15) is 58.2 Å². The van der Waals surface area contributed by atoms with Gasteiger partial charge in [0, 0.05) is 13.0 Å². The molecule has 0 aromatic carbocycles. The van der Waals surface area contributed by atoms with E-state index in [1.165, 1.54) is 0 Å². The number of rotatable bonds is 4. The predicted molar refractivity (Wildman–Crippen MR) is 74.6 cm³/mol. The van der Waals surface area contributed by atoms with Crippen molar-refractivity contribution in [2.75, 3.05) is 6.54 Å². The molecule has 2 heterocycles. The molecule has 6 heteroatoms. The van der Waals surface area contributed by atoms with Crippen LogP contribution in [0.3, 0.4) is 0 Å². The molecule has 1 aromatic heterocycles. The SMILES string of the molecule is CCC1CCC(=O)N(Cc2nc(C(C)(C)N)no2)CC1. The first-order chi connectivity index (χ1) is 9.40. The van der Waals surface area contributed by atoms with Crippen molar-refractivity contribution in [2.24, 2.45) is 11.7 Å². The van der Waals surface area contributed by atoms with Crippen LogP contribution in [0.4, 0.5) is 0 Å². The van der Waals surface area contributed by atoms with E-state index in [4.69, 9.17) is 10.3 Å². The molecule has 0 bridgehead atoms. The lowest BCUT2D eigenvalue weighted by atomic mass is 9.98. The Morgan fingerprint density at radius 2 is 2.20 bits per heavy atom. The molecule has 1 aliphatic heterocycles. The summed E-state index contributed by atoms with van der Waals surface area (Å²) in [6, 6.07) is 0. The Hall–Kier alpha value is -1.43. The summed E-state index contributed by atoms with van der Waals surface area (Å²) in [5.74, 6) is 1.75. The Morgan fingerprint density at radius 3 is 2.80 bits per heavy atom. The summed E-state index contributed by atoms with van der Waals surface area (Å²) in [5.41, 5.74) is 5.30. The fourth-order valence-corrected chi connectivity index (χ4v) is 2.41. The van der Waals surface area contributed by atoms with E-state index in [9.17, 15) is 4.79 Å². The topological polar surface area (TPSA) is 85.2 Å². The van der Waals surface area contributed by atoms with Crippen molar-refractivity contribution < 1.29 is 9.32 Å². The van der Waals surface area contributed by atoms with Gasteiger partial charge in [0.2, 0.25) is 11.8 Å². The van der Waals surface area contributed by atoms with Crippen LogP contribution >= 0.6 is 0 Å². The quantitative estimate of drug-likeness (QED) is 0.909. The van der Waals surface area contributed by atoms with Crippen molar-refractivity contribution in [3.05, 3.63) is 11.7 Å². The van der Waals surface area contributed by atoms with Crippen LogP contribution in [-0.2, 0) is 16.9 Å². The maximum Gasteiger partial charge on any atom is 0.246 e. The highest BCUT2D eigenvalue weighted by Crippen LogP contribution is 2.22. The van der Waals surface area contributed by atoms with E-state index in [1.807, 2.05) is 18.7 Å². The summed E-state index contributed by atoms with van der Waals surface area (Å²) < 4.78 is 5.20. The number of hydrogen-bond acceptors (Lipinski definition) is 5. The van der Waals surface area contributed by atoms with Crippen LogP contribution in [0, 0.1) is 5.92 Å². The highest BCUT2D eigenvalue weighted by Gasteiger charge is 2.25. The lowest BCUT2D eigenvalue weighted by Gasteiger charge is -2.18. The minimum Gasteiger partial charge on any atom is -0.337 e. The number of amides is 1. The summed E-state index contributed by atoms with van der Waals surface area (Å²) in [5, 5.41) is 3.88. The lowest BCUT2D eigenvalue weighted by Crippen LogP contribution is -2.31. The van der Waals surface area contributed by atoms with Gasteiger partial charge in [-0.1, -0.05) is 18.5 Å². The van der Waals surface area contributed by atoms with Gasteiger partial charge in [-0.3, -0.25) is 4.79 Å². The average molecular weight is 280 g/mol. The molecule has 2 N–H and O–H groups in total. The largest absolute Gasteiger partial charge is 0.337 e. The number of aromatic nitrogens is 2. The van der Waals surface area contributed by atoms with Crippen LogP contribution in [-0.4, -0.2) is 27.5 Å². The third-order valence-corrected chi connectivity index (χ3v) is 3.87. The fourth-order valence-electron chi connectivity index (χ4n) is 2.41. The Labute approximate surface area is 119 Å². The first-order valence-electron chi connectivity index (χ1n) is 7.30. The monoisotopic (exact) mass is 280 g/mol. The van der Waals surface area contributed by atoms with Crippen molar-refractivity contribution in [3.63, 3.8) is 0 Å². The number of nitrogens with two attached hydrogens (primary N) is 1. The minimum atomic E-state index is -0.627. The number of hydrogen-bond donors (Lipinski definition) is 1. The van der Waals surface area contributed by atoms with Crippen molar-refractivity contribution in [2.45, 2.75) is 58.5 Å². The van der Waals surface area contributed by atoms with Gasteiger partial charge in [-0.15, -0.1) is 0 Å². The smallest absolute Gasteiger partial charge is 0.246 e. The predicted octanol–water partition coefficient (Wildman–Crippen LogP) is 1.80. The second-order valence-corrected chi connectivity index (χ2v) is 6.15. The summed E-state index contributed by atoms with van der Waals surface area (Å²) >= 11 is 0. The van der Waals surface area contributed by atoms with Crippen LogP contribution in [0.15, 0.2) is 4.52 Å². The molecule has 0 radical (unpaired) electrons. The van der Waals surface area contributed by atoms with Gasteiger partial charge >= 0.3 is 0 Å². The third kappa shape index (κ3) is 3.56. The third-order valence-electron chi connectivity index (χ3n) is 3.87. The second kappa shape index (κ2) is 5.91. The Kier molecular flexibility index (Phi) is 4.42. The van der Waals surface area contributed by atoms with Crippen LogP contribution in [0.5, 0.6) is 0 Å². The zero-order valence-electron chi connectivity index (χ0n) is 12.6. The summed E-state index contributed by atoms with van der Waals surface area (Å²) in [4.78, 5) is 18.2. The van der Waals surface area contributed by atoms with Crippen molar-refractivity contribution in [1.82, 2.24) is 15.0 Å². The zero-order valence-corrected chi connectivity index (χ0v) is 12.6. The van der Waals surface area contributed by atoms with Gasteiger partial charge in [-0.2, -0.15) is 4.98 Å². The van der Waals surface area contributed by atoms with Crippen LogP contribution < -0.4 is 5.73 Å². The fraction of sp³-hybridized carbons (Fsp3) is 0.786. The van der Waals surface area contributed by atoms with Gasteiger partial charge in [-0.05, 0) is 32.6 Å². The molecule has 1 amide bonds. The van der Waals surface area contributed by atoms with Gasteiger partial charge in [0.1, 0.15) is 0 Å². The molecule has 1 aliphatic rings. The molecule has 20 heavy (non-hydrogen) atoms. The highest BCUT2D eigenvalue weighted by molar-refractivity contribution is 5.76. The number of nitrogens with zero attached hydrogens (tertiary/aromatic N) is 3. The van der Waals surface area contributed by atoms with E-state index in [-0.39, 0.29) is 5.91 Å². The normalized spacial score (nSPS) is 21.1. The number of carbonyl (C=O) groups is 1. The van der Waals surface area contributed by atoms with E-state index >= 15 is 0 Å². The molecular formula is C14H24N4O2. The van der Waals surface area contributed by atoms with E-state index in [1.54, 1.807) is 0 Å². The standard InChI is InChI=1S/C14H24N4O2/c1-4-10-5-6-12(19)18(8-7-10)9-11-16-13(17-20-11)14(2,3)15/h10H,4-9,15H2,1-3H3. The van der Waals surface area contributed by atoms with E-state index in [0.29, 0.717) is 30.6 Å². The molecule has 1 aromatic rings. The van der Waals surface area contributed by atoms with Crippen molar-refractivity contribution in [1.29, 1.82) is 0 Å². The summed E-state index contributed by atoms with van der Waals surface area (Å²) in [6.45, 7) is 6.98. The van der Waals surface area contributed by atoms with Crippen molar-refractivity contribution >= 4 is 5.91 Å². The Balaban J connectivity index is 2.01. The lowest BCUT2D eigenvalue weighted by molar-refractivity contribution is -0.131. The molecule has 0 spiro atoms. The number of carbonyl (C=O) groups excluding carboxylic acids is 1. The molecule has 0 aliphatic carbocycles. The molecule has 112 valence electrons. The molecule has 0 saturated carbocycles. The molecule has 1 unspecified atom stereocenters. The van der Waals surface area contributed by atoms with E-state index in [2.05, 4.69) is 17.1 Å². The van der Waals surface area contributed by atoms with Gasteiger partial charge in [0.25, 0.3) is 0 Å². The second-order valence-electron chi connectivity index (χ2n) is 6.15. The Bertz CT molecular complexity index is 464. The van der Waals surface area contributed by atoms with E-state index in [0.717, 1.165) is 25.8 Å². The van der Waals surface area contributed by atoms with Crippen LogP contribution in [0.2, 0.25) is 0 Å². The zero-order chi connectivity index (χ0) is 14.8. The van der Waals surface area contributed by atoms with Gasteiger partial charge in [-0.25, -0.2) is 0 Å².